The first kappa shape index (κ1) is 19.3. The Labute approximate surface area is 175 Å². The number of nitrogens with one attached hydrogen (secondary N) is 2. The Balaban J connectivity index is 1.48. The summed E-state index contributed by atoms with van der Waals surface area (Å²) in [5.74, 6) is 0.124. The van der Waals surface area contributed by atoms with Crippen LogP contribution in [-0.4, -0.2) is 29.1 Å². The number of anilines is 2. The zero-order valence-electron chi connectivity index (χ0n) is 16.5. The number of fused-ring (bicyclic) bond motifs is 1. The monoisotopic (exact) mass is 414 g/mol. The van der Waals surface area contributed by atoms with Crippen LogP contribution in [0.2, 0.25) is 0 Å². The van der Waals surface area contributed by atoms with Crippen LogP contribution in [-0.2, 0) is 10.2 Å². The van der Waals surface area contributed by atoms with Crippen molar-refractivity contribution in [1.29, 1.82) is 0 Å². The van der Waals surface area contributed by atoms with Gasteiger partial charge in [-0.3, -0.25) is 4.79 Å². The van der Waals surface area contributed by atoms with Gasteiger partial charge in [0.2, 0.25) is 5.91 Å². The van der Waals surface area contributed by atoms with E-state index in [-0.39, 0.29) is 5.91 Å². The molecule has 1 aliphatic carbocycles. The predicted molar refractivity (Wildman–Crippen MR) is 120 cm³/mol. The van der Waals surface area contributed by atoms with E-state index in [0.29, 0.717) is 11.2 Å². The molecule has 0 radical (unpaired) electrons. The predicted octanol–water partition coefficient (Wildman–Crippen LogP) is 4.68. The largest absolute Gasteiger partial charge is 0.360 e. The van der Waals surface area contributed by atoms with Gasteiger partial charge in [-0.15, -0.1) is 11.3 Å². The van der Waals surface area contributed by atoms with Gasteiger partial charge in [0.25, 0.3) is 0 Å². The summed E-state index contributed by atoms with van der Waals surface area (Å²) in [5.41, 5.74) is 3.43. The third kappa shape index (κ3) is 3.53. The Kier molecular flexibility index (Phi) is 5.14. The van der Waals surface area contributed by atoms with Crippen LogP contribution in [0.3, 0.4) is 0 Å². The van der Waals surface area contributed by atoms with Crippen molar-refractivity contribution in [3.63, 3.8) is 0 Å². The molecule has 0 spiro atoms. The fourth-order valence-corrected chi connectivity index (χ4v) is 5.21. The van der Waals surface area contributed by atoms with Gasteiger partial charge in [-0.1, -0.05) is 25.3 Å². The summed E-state index contributed by atoms with van der Waals surface area (Å²) >= 11 is 7.01. The lowest BCUT2D eigenvalue weighted by Crippen LogP contribution is -2.38. The summed E-state index contributed by atoms with van der Waals surface area (Å²) < 4.78 is 0. The summed E-state index contributed by atoms with van der Waals surface area (Å²) in [4.78, 5) is 18.9. The van der Waals surface area contributed by atoms with E-state index in [4.69, 9.17) is 17.2 Å². The van der Waals surface area contributed by atoms with Gasteiger partial charge >= 0.3 is 0 Å². The number of aromatic nitrogens is 1. The molecule has 2 N–H and O–H groups in total. The van der Waals surface area contributed by atoms with Gasteiger partial charge in [0.1, 0.15) is 0 Å². The van der Waals surface area contributed by atoms with Crippen molar-refractivity contribution in [3.05, 3.63) is 29.1 Å². The fourth-order valence-electron chi connectivity index (χ4n) is 4.16. The summed E-state index contributed by atoms with van der Waals surface area (Å²) in [7, 11) is 1.83. The van der Waals surface area contributed by atoms with Crippen molar-refractivity contribution in [2.75, 3.05) is 17.3 Å². The number of thiocarbonyl (C=S) groups is 1. The zero-order chi connectivity index (χ0) is 19.9. The molecule has 2 aliphatic rings. The van der Waals surface area contributed by atoms with Crippen LogP contribution in [0, 0.1) is 0 Å². The van der Waals surface area contributed by atoms with Crippen LogP contribution in [0.25, 0.3) is 11.3 Å². The minimum atomic E-state index is -0.511. The maximum absolute atomic E-state index is 12.5. The number of carbonyl (C=O) groups is 1. The molecule has 2 heterocycles. The molecule has 1 aromatic heterocycles. The lowest BCUT2D eigenvalue weighted by atomic mass is 9.85. The first-order valence-electron chi connectivity index (χ1n) is 9.82. The van der Waals surface area contributed by atoms with Crippen LogP contribution >= 0.6 is 23.6 Å². The standard InChI is InChI=1S/C21H26N4OS2/c1-21(2)15-11-13(9-10-17(15)25(3)18(21)26)16-12-28-20(23-16)24-19(27)22-14-7-5-4-6-8-14/h9-12,14H,4-8H2,1-3H3,(H2,22,23,24,27). The highest BCUT2D eigenvalue weighted by Gasteiger charge is 2.42. The summed E-state index contributed by atoms with van der Waals surface area (Å²) in [6, 6.07) is 6.61. The second-order valence-corrected chi connectivity index (χ2v) is 9.46. The Morgan fingerprint density at radius 2 is 2.04 bits per heavy atom. The zero-order valence-corrected chi connectivity index (χ0v) is 18.2. The number of nitrogens with zero attached hydrogens (tertiary/aromatic N) is 2. The van der Waals surface area contributed by atoms with Crippen LogP contribution in [0.1, 0.15) is 51.5 Å². The van der Waals surface area contributed by atoms with Crippen molar-refractivity contribution < 1.29 is 4.79 Å². The summed E-state index contributed by atoms with van der Waals surface area (Å²) in [6.07, 6.45) is 6.24. The van der Waals surface area contributed by atoms with E-state index in [2.05, 4.69) is 16.7 Å². The van der Waals surface area contributed by atoms with E-state index in [9.17, 15) is 4.79 Å². The molecular weight excluding hydrogens is 388 g/mol. The Morgan fingerprint density at radius 3 is 2.79 bits per heavy atom. The second-order valence-electron chi connectivity index (χ2n) is 8.19. The van der Waals surface area contributed by atoms with Crippen molar-refractivity contribution in [2.24, 2.45) is 0 Å². The molecule has 1 aliphatic heterocycles. The van der Waals surface area contributed by atoms with Gasteiger partial charge in [-0.25, -0.2) is 4.98 Å². The van der Waals surface area contributed by atoms with Crippen LogP contribution in [0.15, 0.2) is 23.6 Å². The van der Waals surface area contributed by atoms with Crippen molar-refractivity contribution in [2.45, 2.75) is 57.4 Å². The minimum absolute atomic E-state index is 0.124. The third-order valence-electron chi connectivity index (χ3n) is 5.83. The molecule has 2 aromatic rings. The SMILES string of the molecule is CN1C(=O)C(C)(C)c2cc(-c3csc(NC(=S)NC4CCCCC4)n3)ccc21. The molecule has 0 bridgehead atoms. The Hall–Kier alpha value is -1.99. The number of likely N-dealkylation sites (N-methyl/N-ethyl adjacent to an activating group) is 1. The van der Waals surface area contributed by atoms with E-state index in [0.717, 1.165) is 27.6 Å². The lowest BCUT2D eigenvalue weighted by Gasteiger charge is -2.23. The average Bonchev–Trinajstić information content (AvgIpc) is 3.20. The molecule has 1 fully saturated rings. The fraction of sp³-hybridized carbons (Fsp3) is 0.476. The molecule has 0 unspecified atom stereocenters. The number of thiazole rings is 1. The Morgan fingerprint density at radius 1 is 1.29 bits per heavy atom. The second kappa shape index (κ2) is 7.44. The van der Waals surface area contributed by atoms with Crippen molar-refractivity contribution in [3.8, 4) is 11.3 Å². The number of rotatable bonds is 3. The molecule has 148 valence electrons. The van der Waals surface area contributed by atoms with E-state index in [1.165, 1.54) is 32.1 Å². The normalized spacial score (nSPS) is 18.8. The number of benzene rings is 1. The first-order valence-corrected chi connectivity index (χ1v) is 11.1. The van der Waals surface area contributed by atoms with Crippen LogP contribution < -0.4 is 15.5 Å². The molecule has 0 atom stereocenters. The smallest absolute Gasteiger partial charge is 0.236 e. The van der Waals surface area contributed by atoms with Gasteiger partial charge < -0.3 is 15.5 Å². The quantitative estimate of drug-likeness (QED) is 0.714. The molecule has 5 nitrogen and oxygen atoms in total. The van der Waals surface area contributed by atoms with E-state index >= 15 is 0 Å². The highest BCUT2D eigenvalue weighted by molar-refractivity contribution is 7.80. The van der Waals surface area contributed by atoms with E-state index in [1.54, 1.807) is 16.2 Å². The molecule has 7 heteroatoms. The number of amides is 1. The van der Waals surface area contributed by atoms with Gasteiger partial charge in [0.05, 0.1) is 11.1 Å². The molecule has 0 saturated heterocycles. The van der Waals surface area contributed by atoms with Gasteiger partial charge in [-0.05, 0) is 56.6 Å². The molecule has 28 heavy (non-hydrogen) atoms. The number of hydrogen-bond donors (Lipinski definition) is 2. The number of carbonyl (C=O) groups excluding carboxylic acids is 1. The maximum Gasteiger partial charge on any atom is 0.236 e. The summed E-state index contributed by atoms with van der Waals surface area (Å²) in [5, 5.41) is 10.1. The first-order chi connectivity index (χ1) is 13.4. The summed E-state index contributed by atoms with van der Waals surface area (Å²) in [6.45, 7) is 3.95. The van der Waals surface area contributed by atoms with Crippen LogP contribution in [0.4, 0.5) is 10.8 Å². The topological polar surface area (TPSA) is 57.3 Å². The van der Waals surface area contributed by atoms with E-state index in [1.807, 2.05) is 38.4 Å². The Bertz CT molecular complexity index is 915. The third-order valence-corrected chi connectivity index (χ3v) is 6.81. The molecule has 1 aromatic carbocycles. The highest BCUT2D eigenvalue weighted by Crippen LogP contribution is 2.42. The lowest BCUT2D eigenvalue weighted by molar-refractivity contribution is -0.121. The molecule has 1 saturated carbocycles. The molecule has 1 amide bonds. The van der Waals surface area contributed by atoms with Gasteiger partial charge in [0.15, 0.2) is 10.2 Å². The van der Waals surface area contributed by atoms with E-state index < -0.39 is 5.41 Å². The van der Waals surface area contributed by atoms with Crippen molar-refractivity contribution >= 4 is 45.4 Å². The van der Waals surface area contributed by atoms with Gasteiger partial charge in [-0.2, -0.15) is 0 Å². The average molecular weight is 415 g/mol. The van der Waals surface area contributed by atoms with Crippen molar-refractivity contribution in [1.82, 2.24) is 10.3 Å². The van der Waals surface area contributed by atoms with Gasteiger partial charge in [0, 0.05) is 29.7 Å². The van der Waals surface area contributed by atoms with Crippen LogP contribution in [0.5, 0.6) is 0 Å². The highest BCUT2D eigenvalue weighted by atomic mass is 32.1. The molecule has 4 rings (SSSR count). The maximum atomic E-state index is 12.5. The minimum Gasteiger partial charge on any atom is -0.360 e. The molecular formula is C21H26N4OS2. The number of hydrogen-bond acceptors (Lipinski definition) is 4.